The van der Waals surface area contributed by atoms with Gasteiger partial charge >= 0.3 is 0 Å². The molecule has 0 aliphatic carbocycles. The second kappa shape index (κ2) is 15.9. The van der Waals surface area contributed by atoms with Gasteiger partial charge in [0.1, 0.15) is 30.0 Å². The molecule has 14 heteroatoms. The number of rotatable bonds is 16. The van der Waals surface area contributed by atoms with Crippen LogP contribution in [0.1, 0.15) is 49.7 Å². The van der Waals surface area contributed by atoms with Gasteiger partial charge in [0.05, 0.1) is 6.10 Å². The number of methoxy groups -OCH3 is 1. The standard InChI is InChI=1S/C35H43N7O7/c1-19(2)33(47-5)31(32(45)20(3)43)42-48-18-30(44)39-28(14-22-16-36-26-12-8-6-10-24(22)26)34(46)40-29(35-38-21(4)41-49-35)15-23-17-37-27-13-9-7-11-25(23)27/h6-13,16-17,19-20,28-29,32-33,36-37,43,45H,14-15,18H2,1-5H3,(H,39,44)(H,40,46)/b42-31+/t20?,28-,29-,32?,33-/m0/s1. The minimum atomic E-state index is -1.38. The second-order valence-electron chi connectivity index (χ2n) is 12.4. The molecule has 0 fully saturated rings. The lowest BCUT2D eigenvalue weighted by molar-refractivity contribution is -0.132. The predicted octanol–water partition coefficient (Wildman–Crippen LogP) is 3.25. The van der Waals surface area contributed by atoms with Gasteiger partial charge in [-0.15, -0.1) is 0 Å². The van der Waals surface area contributed by atoms with E-state index >= 15 is 0 Å². The number of fused-ring (bicyclic) bond motifs is 2. The van der Waals surface area contributed by atoms with Crippen molar-refractivity contribution in [3.05, 3.63) is 83.8 Å². The van der Waals surface area contributed by atoms with Gasteiger partial charge in [-0.1, -0.05) is 60.6 Å². The van der Waals surface area contributed by atoms with Crippen molar-refractivity contribution in [2.45, 2.75) is 70.9 Å². The molecule has 2 aromatic carbocycles. The first kappa shape index (κ1) is 35.3. The fourth-order valence-corrected chi connectivity index (χ4v) is 5.83. The van der Waals surface area contributed by atoms with Crippen LogP contribution in [0.3, 0.4) is 0 Å². The minimum Gasteiger partial charge on any atom is -0.390 e. The summed E-state index contributed by atoms with van der Waals surface area (Å²) in [6, 6.07) is 13.8. The Balaban J connectivity index is 1.38. The summed E-state index contributed by atoms with van der Waals surface area (Å²) in [6.07, 6.45) is 0.979. The first-order chi connectivity index (χ1) is 23.5. The number of nitrogens with one attached hydrogen (secondary N) is 4. The highest BCUT2D eigenvalue weighted by atomic mass is 16.6. The van der Waals surface area contributed by atoms with Crippen molar-refractivity contribution in [2.24, 2.45) is 11.1 Å². The number of aliphatic hydroxyl groups is 2. The number of hydrogen-bond acceptors (Lipinski definition) is 10. The van der Waals surface area contributed by atoms with Gasteiger partial charge in [-0.05, 0) is 43.0 Å². The van der Waals surface area contributed by atoms with Gasteiger partial charge in [0.25, 0.3) is 5.91 Å². The van der Waals surface area contributed by atoms with Crippen molar-refractivity contribution in [3.8, 4) is 0 Å². The van der Waals surface area contributed by atoms with Crippen LogP contribution in [0.25, 0.3) is 21.8 Å². The van der Waals surface area contributed by atoms with E-state index in [1.54, 1.807) is 6.92 Å². The van der Waals surface area contributed by atoms with Crippen LogP contribution < -0.4 is 10.6 Å². The van der Waals surface area contributed by atoms with Crippen LogP contribution in [0.5, 0.6) is 0 Å². The molecule has 0 saturated carbocycles. The van der Waals surface area contributed by atoms with Crippen molar-refractivity contribution >= 4 is 39.3 Å². The molecule has 3 heterocycles. The van der Waals surface area contributed by atoms with Crippen LogP contribution in [-0.2, 0) is 32.0 Å². The van der Waals surface area contributed by atoms with E-state index in [-0.39, 0.29) is 23.9 Å². The van der Waals surface area contributed by atoms with E-state index in [9.17, 15) is 19.8 Å². The fraction of sp³-hybridized carbons (Fsp3) is 0.400. The predicted molar refractivity (Wildman–Crippen MR) is 183 cm³/mol. The molecular weight excluding hydrogens is 630 g/mol. The molecule has 0 bridgehead atoms. The third-order valence-corrected chi connectivity index (χ3v) is 8.28. The Morgan fingerprint density at radius 2 is 1.55 bits per heavy atom. The Bertz CT molecular complexity index is 1890. The number of H-pyrrole nitrogens is 2. The van der Waals surface area contributed by atoms with Crippen molar-refractivity contribution in [3.63, 3.8) is 0 Å². The Kier molecular flexibility index (Phi) is 11.4. The number of carbonyl (C=O) groups is 2. The molecule has 2 unspecified atom stereocenters. The topological polar surface area (TPSA) is 200 Å². The molecule has 5 rings (SSSR count). The summed E-state index contributed by atoms with van der Waals surface area (Å²) in [5, 5.41) is 36.2. The second-order valence-corrected chi connectivity index (χ2v) is 12.4. The van der Waals surface area contributed by atoms with Crippen molar-refractivity contribution < 1.29 is 33.9 Å². The number of hydrogen-bond donors (Lipinski definition) is 6. The summed E-state index contributed by atoms with van der Waals surface area (Å²) in [4.78, 5) is 43.6. The Morgan fingerprint density at radius 3 is 2.10 bits per heavy atom. The molecule has 3 aromatic heterocycles. The largest absolute Gasteiger partial charge is 0.390 e. The van der Waals surface area contributed by atoms with Crippen LogP contribution in [0, 0.1) is 12.8 Å². The molecule has 0 radical (unpaired) electrons. The molecule has 6 N–H and O–H groups in total. The van der Waals surface area contributed by atoms with Crippen LogP contribution in [0.2, 0.25) is 0 Å². The lowest BCUT2D eigenvalue weighted by Crippen LogP contribution is -2.50. The van der Waals surface area contributed by atoms with Gasteiger partial charge in [0.15, 0.2) is 12.4 Å². The van der Waals surface area contributed by atoms with Gasteiger partial charge in [-0.2, -0.15) is 4.98 Å². The molecule has 5 aromatic rings. The fourth-order valence-electron chi connectivity index (χ4n) is 5.83. The third-order valence-electron chi connectivity index (χ3n) is 8.28. The zero-order valence-corrected chi connectivity index (χ0v) is 28.1. The molecule has 2 amide bonds. The molecule has 14 nitrogen and oxygen atoms in total. The number of amides is 2. The number of para-hydroxylation sites is 2. The average Bonchev–Trinajstić information content (AvgIpc) is 3.82. The zero-order chi connectivity index (χ0) is 35.1. The molecule has 260 valence electrons. The molecule has 0 saturated heterocycles. The maximum absolute atomic E-state index is 14.1. The maximum atomic E-state index is 14.1. The summed E-state index contributed by atoms with van der Waals surface area (Å²) in [7, 11) is 1.46. The van der Waals surface area contributed by atoms with Crippen LogP contribution >= 0.6 is 0 Å². The molecule has 0 aliphatic heterocycles. The van der Waals surface area contributed by atoms with Gasteiger partial charge in [-0.25, -0.2) is 0 Å². The van der Waals surface area contributed by atoms with E-state index in [1.165, 1.54) is 14.0 Å². The smallest absolute Gasteiger partial charge is 0.261 e. The average molecular weight is 674 g/mol. The first-order valence-electron chi connectivity index (χ1n) is 16.1. The Hall–Kier alpha value is -5.05. The highest BCUT2D eigenvalue weighted by molar-refractivity contribution is 5.93. The quantitative estimate of drug-likeness (QED) is 0.0672. The lowest BCUT2D eigenvalue weighted by Gasteiger charge is -2.25. The van der Waals surface area contributed by atoms with E-state index in [2.05, 4.69) is 35.9 Å². The molecule has 0 aliphatic rings. The number of carbonyl (C=O) groups excluding carboxylic acids is 2. The first-order valence-corrected chi connectivity index (χ1v) is 16.1. The van der Waals surface area contributed by atoms with Crippen molar-refractivity contribution in [2.75, 3.05) is 13.7 Å². The monoisotopic (exact) mass is 673 g/mol. The number of aliphatic hydroxyl groups excluding tert-OH is 2. The normalized spacial score (nSPS) is 15.2. The Labute approximate surface area is 283 Å². The van der Waals surface area contributed by atoms with E-state index in [1.807, 2.05) is 74.8 Å². The number of oxime groups is 1. The summed E-state index contributed by atoms with van der Waals surface area (Å²) in [5.74, 6) is -0.572. The van der Waals surface area contributed by atoms with Gasteiger partial charge in [0, 0.05) is 54.2 Å². The molecular formula is C35H43N7O7. The Morgan fingerprint density at radius 1 is 0.939 bits per heavy atom. The number of aryl methyl sites for hydroxylation is 1. The molecule has 49 heavy (non-hydrogen) atoms. The van der Waals surface area contributed by atoms with Crippen molar-refractivity contribution in [1.29, 1.82) is 0 Å². The van der Waals surface area contributed by atoms with E-state index in [0.29, 0.717) is 12.2 Å². The van der Waals surface area contributed by atoms with Gasteiger partial charge in [0.2, 0.25) is 11.8 Å². The third kappa shape index (κ3) is 8.52. The highest BCUT2D eigenvalue weighted by Crippen LogP contribution is 2.25. The number of aromatic amines is 2. The van der Waals surface area contributed by atoms with Gasteiger partial charge in [-0.3, -0.25) is 9.59 Å². The SMILES string of the molecule is CO[C@H](/C(=N/OCC(=O)N[C@@H](Cc1c[nH]c2ccccc12)C(=O)N[C@@H](Cc1c[nH]c2ccccc12)c1nc(C)no1)C(O)C(C)O)C(C)C. The minimum absolute atomic E-state index is 0.0448. The number of nitrogens with zero attached hydrogens (tertiary/aromatic N) is 3. The number of ether oxygens (including phenoxy) is 1. The maximum Gasteiger partial charge on any atom is 0.261 e. The van der Waals surface area contributed by atoms with Crippen LogP contribution in [-0.4, -0.2) is 85.9 Å². The lowest BCUT2D eigenvalue weighted by atomic mass is 9.96. The van der Waals surface area contributed by atoms with Crippen LogP contribution in [0.4, 0.5) is 0 Å². The summed E-state index contributed by atoms with van der Waals surface area (Å²) < 4.78 is 11.0. The number of aromatic nitrogens is 4. The number of benzene rings is 2. The molecule has 5 atom stereocenters. The van der Waals surface area contributed by atoms with Crippen LogP contribution in [0.15, 0.2) is 70.6 Å². The van der Waals surface area contributed by atoms with E-state index in [4.69, 9.17) is 14.1 Å². The van der Waals surface area contributed by atoms with Crippen molar-refractivity contribution in [1.82, 2.24) is 30.7 Å². The zero-order valence-electron chi connectivity index (χ0n) is 28.1. The summed E-state index contributed by atoms with van der Waals surface area (Å²) >= 11 is 0. The highest BCUT2D eigenvalue weighted by Gasteiger charge is 2.31. The van der Waals surface area contributed by atoms with E-state index < -0.39 is 48.8 Å². The van der Waals surface area contributed by atoms with Gasteiger partial charge < -0.3 is 44.9 Å². The molecule has 0 spiro atoms. The summed E-state index contributed by atoms with van der Waals surface area (Å²) in [5.41, 5.74) is 3.64. The van der Waals surface area contributed by atoms with E-state index in [0.717, 1.165) is 32.9 Å². The summed E-state index contributed by atoms with van der Waals surface area (Å²) in [6.45, 7) is 6.27.